The van der Waals surface area contributed by atoms with Gasteiger partial charge in [0.2, 0.25) is 5.91 Å². The molecule has 0 radical (unpaired) electrons. The van der Waals surface area contributed by atoms with Crippen molar-refractivity contribution in [3.63, 3.8) is 0 Å². The van der Waals surface area contributed by atoms with Crippen LogP contribution in [0, 0.1) is 19.8 Å². The van der Waals surface area contributed by atoms with E-state index in [0.717, 1.165) is 16.9 Å². The Labute approximate surface area is 146 Å². The Morgan fingerprint density at radius 2 is 1.84 bits per heavy atom. The van der Waals surface area contributed by atoms with Crippen LogP contribution in [0.3, 0.4) is 0 Å². The summed E-state index contributed by atoms with van der Waals surface area (Å²) in [5.74, 6) is 0.507. The minimum atomic E-state index is -0.0959. The number of rotatable bonds is 3. The van der Waals surface area contributed by atoms with E-state index in [1.54, 1.807) is 10.6 Å². The van der Waals surface area contributed by atoms with E-state index in [1.807, 2.05) is 64.1 Å². The number of carbonyl (C=O) groups excluding carboxylic acids is 1. The minimum Gasteiger partial charge on any atom is -0.326 e. The monoisotopic (exact) mass is 335 g/mol. The van der Waals surface area contributed by atoms with Gasteiger partial charge in [-0.2, -0.15) is 0 Å². The molecule has 0 saturated carbocycles. The van der Waals surface area contributed by atoms with Crippen LogP contribution in [0.1, 0.15) is 25.2 Å². The predicted octanol–water partition coefficient (Wildman–Crippen LogP) is 3.60. The fourth-order valence-electron chi connectivity index (χ4n) is 2.75. The molecule has 128 valence electrons. The summed E-state index contributed by atoms with van der Waals surface area (Å²) in [5, 5.41) is 3.49. The average molecular weight is 335 g/mol. The van der Waals surface area contributed by atoms with Crippen molar-refractivity contribution in [2.24, 2.45) is 5.92 Å². The molecule has 0 aliphatic rings. The molecular formula is C20H21N3O2. The van der Waals surface area contributed by atoms with Crippen LogP contribution in [-0.2, 0) is 4.79 Å². The van der Waals surface area contributed by atoms with Gasteiger partial charge in [-0.25, -0.2) is 4.98 Å². The van der Waals surface area contributed by atoms with E-state index < -0.39 is 0 Å². The van der Waals surface area contributed by atoms with E-state index in [1.165, 1.54) is 0 Å². The van der Waals surface area contributed by atoms with Crippen LogP contribution in [0.25, 0.3) is 16.6 Å². The lowest BCUT2D eigenvalue weighted by atomic mass is 10.1. The molecule has 0 spiro atoms. The highest BCUT2D eigenvalue weighted by molar-refractivity contribution is 5.92. The molecule has 0 saturated heterocycles. The molecular weight excluding hydrogens is 314 g/mol. The van der Waals surface area contributed by atoms with Gasteiger partial charge in [0.25, 0.3) is 5.56 Å². The number of hydrogen-bond donors (Lipinski definition) is 1. The van der Waals surface area contributed by atoms with E-state index in [4.69, 9.17) is 0 Å². The summed E-state index contributed by atoms with van der Waals surface area (Å²) in [6.07, 6.45) is 0. The highest BCUT2D eigenvalue weighted by atomic mass is 16.2. The molecule has 0 aliphatic carbocycles. The first kappa shape index (κ1) is 16.9. The fraction of sp³-hybridized carbons (Fsp3) is 0.250. The van der Waals surface area contributed by atoms with Gasteiger partial charge in [-0.3, -0.25) is 14.2 Å². The molecule has 0 unspecified atom stereocenters. The number of para-hydroxylation sites is 1. The van der Waals surface area contributed by atoms with Crippen LogP contribution in [0.5, 0.6) is 0 Å². The van der Waals surface area contributed by atoms with Gasteiger partial charge in [-0.15, -0.1) is 0 Å². The van der Waals surface area contributed by atoms with Crippen molar-refractivity contribution < 1.29 is 4.79 Å². The lowest BCUT2D eigenvalue weighted by Gasteiger charge is -2.14. The molecule has 1 aromatic heterocycles. The zero-order valence-electron chi connectivity index (χ0n) is 14.8. The van der Waals surface area contributed by atoms with Crippen LogP contribution >= 0.6 is 0 Å². The van der Waals surface area contributed by atoms with E-state index in [9.17, 15) is 9.59 Å². The maximum Gasteiger partial charge on any atom is 0.265 e. The Kier molecular flexibility index (Phi) is 4.40. The first-order chi connectivity index (χ1) is 11.9. The van der Waals surface area contributed by atoms with Crippen LogP contribution in [0.15, 0.2) is 47.3 Å². The lowest BCUT2D eigenvalue weighted by Crippen LogP contribution is -2.22. The summed E-state index contributed by atoms with van der Waals surface area (Å²) in [4.78, 5) is 29.3. The quantitative estimate of drug-likeness (QED) is 0.795. The van der Waals surface area contributed by atoms with E-state index in [-0.39, 0.29) is 17.4 Å². The molecule has 3 aromatic rings. The van der Waals surface area contributed by atoms with Crippen molar-refractivity contribution in [3.8, 4) is 5.69 Å². The Hall–Kier alpha value is -2.95. The van der Waals surface area contributed by atoms with E-state index in [2.05, 4.69) is 10.3 Å². The number of aromatic nitrogens is 2. The molecule has 0 atom stereocenters. The summed E-state index contributed by atoms with van der Waals surface area (Å²) < 4.78 is 1.60. The summed E-state index contributed by atoms with van der Waals surface area (Å²) in [6, 6.07) is 12.9. The molecule has 0 bridgehead atoms. The third-order valence-corrected chi connectivity index (χ3v) is 4.19. The molecule has 25 heavy (non-hydrogen) atoms. The van der Waals surface area contributed by atoms with Crippen molar-refractivity contribution >= 4 is 22.5 Å². The lowest BCUT2D eigenvalue weighted by molar-refractivity contribution is -0.118. The molecule has 1 heterocycles. The highest BCUT2D eigenvalue weighted by Crippen LogP contribution is 2.20. The Morgan fingerprint density at radius 3 is 2.52 bits per heavy atom. The fourth-order valence-corrected chi connectivity index (χ4v) is 2.75. The van der Waals surface area contributed by atoms with Gasteiger partial charge in [-0.1, -0.05) is 26.0 Å². The summed E-state index contributed by atoms with van der Waals surface area (Å²) in [5.41, 5.74) is 2.98. The topological polar surface area (TPSA) is 64.0 Å². The second kappa shape index (κ2) is 6.51. The molecule has 3 rings (SSSR count). The van der Waals surface area contributed by atoms with Crippen molar-refractivity contribution in [1.82, 2.24) is 9.55 Å². The van der Waals surface area contributed by atoms with Crippen molar-refractivity contribution in [1.29, 1.82) is 0 Å². The number of anilines is 1. The molecule has 1 N–H and O–H groups in total. The summed E-state index contributed by atoms with van der Waals surface area (Å²) in [6.45, 7) is 7.43. The first-order valence-electron chi connectivity index (χ1n) is 8.29. The van der Waals surface area contributed by atoms with Gasteiger partial charge in [0.05, 0.1) is 16.6 Å². The largest absolute Gasteiger partial charge is 0.326 e. The van der Waals surface area contributed by atoms with Crippen LogP contribution in [0.2, 0.25) is 0 Å². The zero-order chi connectivity index (χ0) is 18.1. The molecule has 5 nitrogen and oxygen atoms in total. The number of carbonyl (C=O) groups is 1. The van der Waals surface area contributed by atoms with Gasteiger partial charge in [0.15, 0.2) is 0 Å². The molecule has 1 amide bonds. The second-order valence-corrected chi connectivity index (χ2v) is 6.46. The zero-order valence-corrected chi connectivity index (χ0v) is 14.8. The van der Waals surface area contributed by atoms with Gasteiger partial charge < -0.3 is 5.32 Å². The van der Waals surface area contributed by atoms with Gasteiger partial charge in [-0.05, 0) is 49.7 Å². The molecule has 5 heteroatoms. The molecule has 2 aromatic carbocycles. The van der Waals surface area contributed by atoms with Gasteiger partial charge in [0.1, 0.15) is 5.82 Å². The number of nitrogens with zero attached hydrogens (tertiary/aromatic N) is 2. The third-order valence-electron chi connectivity index (χ3n) is 4.19. The number of benzene rings is 2. The van der Waals surface area contributed by atoms with E-state index in [0.29, 0.717) is 16.7 Å². The standard InChI is InChI=1S/C20H21N3O2/c1-12(2)19(24)22-17-10-9-15(11-13(17)3)23-14(4)21-18-8-6-5-7-16(18)20(23)25/h5-12H,1-4H3,(H,22,24). The van der Waals surface area contributed by atoms with E-state index >= 15 is 0 Å². The number of aryl methyl sites for hydroxylation is 2. The summed E-state index contributed by atoms with van der Waals surface area (Å²) >= 11 is 0. The summed E-state index contributed by atoms with van der Waals surface area (Å²) in [7, 11) is 0. The van der Waals surface area contributed by atoms with Gasteiger partial charge >= 0.3 is 0 Å². The highest BCUT2D eigenvalue weighted by Gasteiger charge is 2.12. The predicted molar refractivity (Wildman–Crippen MR) is 100 cm³/mol. The molecule has 0 aliphatic heterocycles. The molecule has 0 fully saturated rings. The van der Waals surface area contributed by atoms with Crippen molar-refractivity contribution in [2.45, 2.75) is 27.7 Å². The number of nitrogens with one attached hydrogen (secondary N) is 1. The smallest absolute Gasteiger partial charge is 0.265 e. The van der Waals surface area contributed by atoms with Crippen molar-refractivity contribution in [2.75, 3.05) is 5.32 Å². The average Bonchev–Trinajstić information content (AvgIpc) is 2.57. The SMILES string of the molecule is Cc1cc(-n2c(C)nc3ccccc3c2=O)ccc1NC(=O)C(C)C. The van der Waals surface area contributed by atoms with Crippen molar-refractivity contribution in [3.05, 3.63) is 64.2 Å². The normalized spacial score (nSPS) is 11.1. The third kappa shape index (κ3) is 3.18. The maximum atomic E-state index is 12.9. The maximum absolute atomic E-state index is 12.9. The van der Waals surface area contributed by atoms with Crippen LogP contribution in [-0.4, -0.2) is 15.5 Å². The van der Waals surface area contributed by atoms with Crippen LogP contribution in [0.4, 0.5) is 5.69 Å². The number of hydrogen-bond acceptors (Lipinski definition) is 3. The number of fused-ring (bicyclic) bond motifs is 1. The second-order valence-electron chi connectivity index (χ2n) is 6.46. The Bertz CT molecular complexity index is 1020. The first-order valence-corrected chi connectivity index (χ1v) is 8.29. The Morgan fingerprint density at radius 1 is 1.12 bits per heavy atom. The Balaban J connectivity index is 2.09. The number of amides is 1. The van der Waals surface area contributed by atoms with Gasteiger partial charge in [0, 0.05) is 11.6 Å². The van der Waals surface area contributed by atoms with Crippen LogP contribution < -0.4 is 10.9 Å². The minimum absolute atomic E-state index is 0.0310.